The van der Waals surface area contributed by atoms with Gasteiger partial charge in [0.15, 0.2) is 0 Å². The lowest BCUT2D eigenvalue weighted by Gasteiger charge is -1.70. The summed E-state index contributed by atoms with van der Waals surface area (Å²) >= 11 is 0. The van der Waals surface area contributed by atoms with E-state index in [1.165, 1.54) is 4.88 Å². The Bertz CT molecular complexity index is 136. The van der Waals surface area contributed by atoms with Crippen molar-refractivity contribution in [2.75, 3.05) is 0 Å². The monoisotopic (exact) mass is 113 g/mol. The van der Waals surface area contributed by atoms with Gasteiger partial charge in [0.2, 0.25) is 0 Å². The minimum atomic E-state index is 0.463. The van der Waals surface area contributed by atoms with Crippen LogP contribution < -0.4 is 0 Å². The molecule has 38 valence electrons. The van der Waals surface area contributed by atoms with E-state index < -0.39 is 0 Å². The first-order chi connectivity index (χ1) is 3.30. The molecule has 1 heterocycles. The predicted molar refractivity (Wildman–Crippen MR) is 34.6 cm³/mol. The second kappa shape index (κ2) is 1.66. The highest BCUT2D eigenvalue weighted by atomic mass is 32.2. The van der Waals surface area contributed by atoms with Gasteiger partial charge in [0, 0.05) is 6.92 Å². The van der Waals surface area contributed by atoms with Gasteiger partial charge in [0.25, 0.3) is 0 Å². The Morgan fingerprint density at radius 3 is 2.43 bits per heavy atom. The summed E-state index contributed by atoms with van der Waals surface area (Å²) in [5.41, 5.74) is 0. The number of hydrogen-bond acceptors (Lipinski definition) is 0. The molecule has 1 atom stereocenters. The zero-order valence-electron chi connectivity index (χ0n) is 4.64. The molecule has 7 heavy (non-hydrogen) atoms. The number of rotatable bonds is 0. The lowest BCUT2D eigenvalue weighted by molar-refractivity contribution is 1.63. The number of thiophene rings is 1. The molecule has 0 bridgehead atoms. The van der Waals surface area contributed by atoms with Crippen molar-refractivity contribution in [1.82, 2.24) is 0 Å². The highest BCUT2D eigenvalue weighted by molar-refractivity contribution is 7.28. The Kier molecular flexibility index (Phi) is 1.15. The summed E-state index contributed by atoms with van der Waals surface area (Å²) in [5, 5.41) is 2.23. The molecule has 0 aromatic carbocycles. The first-order valence-corrected chi connectivity index (χ1v) is 4.00. The third-order valence-corrected chi connectivity index (χ3v) is 2.84. The smallest absolute Gasteiger partial charge is 0.0230 e. The largest absolute Gasteiger partial charge is 0.146 e. The first kappa shape index (κ1) is 4.85. The van der Waals surface area contributed by atoms with Gasteiger partial charge in [-0.25, -0.2) is 0 Å². The van der Waals surface area contributed by atoms with E-state index in [2.05, 4.69) is 30.7 Å². The molecule has 0 amide bonds. The van der Waals surface area contributed by atoms with Crippen LogP contribution in [0.2, 0.25) is 0 Å². The van der Waals surface area contributed by atoms with E-state index in [4.69, 9.17) is 0 Å². The second-order valence-electron chi connectivity index (χ2n) is 1.66. The van der Waals surface area contributed by atoms with Gasteiger partial charge in [-0.05, 0) is 22.6 Å². The lowest BCUT2D eigenvalue weighted by atomic mass is 10.5. The minimum Gasteiger partial charge on any atom is -0.0230 e. The third kappa shape index (κ3) is 0.829. The van der Waals surface area contributed by atoms with Crippen molar-refractivity contribution in [3.8, 4) is 0 Å². The van der Waals surface area contributed by atoms with E-state index in [0.717, 1.165) is 0 Å². The number of aryl methyl sites for hydroxylation is 2. The van der Waals surface area contributed by atoms with Gasteiger partial charge in [-0.1, -0.05) is 0 Å². The van der Waals surface area contributed by atoms with Gasteiger partial charge < -0.3 is 0 Å². The van der Waals surface area contributed by atoms with Crippen LogP contribution in [0.5, 0.6) is 0 Å². The maximum Gasteiger partial charge on any atom is 0.146 e. The molecular weight excluding hydrogens is 104 g/mol. The van der Waals surface area contributed by atoms with E-state index in [0.29, 0.717) is 10.5 Å². The Balaban J connectivity index is 3.12. The highest BCUT2D eigenvalue weighted by Gasteiger charge is 1.96. The van der Waals surface area contributed by atoms with Gasteiger partial charge in [-0.3, -0.25) is 0 Å². The molecule has 1 unspecified atom stereocenters. The van der Waals surface area contributed by atoms with Crippen LogP contribution in [0.4, 0.5) is 0 Å². The maximum atomic E-state index is 2.23. The highest BCUT2D eigenvalue weighted by Crippen LogP contribution is 2.17. The Labute approximate surface area is 46.8 Å². The molecule has 0 aliphatic heterocycles. The molecule has 0 fully saturated rings. The van der Waals surface area contributed by atoms with E-state index in [1.54, 1.807) is 0 Å². The summed E-state index contributed by atoms with van der Waals surface area (Å²) in [6.45, 7) is 2.17. The standard InChI is InChI=1S/C6H9S/c1-6-4-3-5-7(6)2/h3-5H,1-2H3/q+1. The molecule has 1 heteroatoms. The Morgan fingerprint density at radius 2 is 2.29 bits per heavy atom. The molecule has 0 aliphatic carbocycles. The van der Waals surface area contributed by atoms with Crippen LogP contribution in [0.1, 0.15) is 4.88 Å². The van der Waals surface area contributed by atoms with Gasteiger partial charge in [0.05, 0.1) is 0 Å². The molecule has 1 rings (SSSR count). The van der Waals surface area contributed by atoms with E-state index in [-0.39, 0.29) is 0 Å². The van der Waals surface area contributed by atoms with E-state index in [9.17, 15) is 0 Å². The molecule has 0 saturated heterocycles. The van der Waals surface area contributed by atoms with E-state index >= 15 is 0 Å². The third-order valence-electron chi connectivity index (χ3n) is 1.12. The molecule has 0 saturated carbocycles. The fourth-order valence-corrected chi connectivity index (χ4v) is 1.33. The molecule has 0 N–H and O–H groups in total. The Morgan fingerprint density at radius 1 is 1.57 bits per heavy atom. The summed E-state index contributed by atoms with van der Waals surface area (Å²) in [4.78, 5) is 1.50. The van der Waals surface area contributed by atoms with E-state index in [1.807, 2.05) is 0 Å². The summed E-state index contributed by atoms with van der Waals surface area (Å²) in [5.74, 6) is 0. The maximum absolute atomic E-state index is 2.23. The fraction of sp³-hybridized carbons (Fsp3) is 0.333. The van der Waals surface area contributed by atoms with Crippen molar-refractivity contribution in [1.29, 1.82) is 0 Å². The quantitative estimate of drug-likeness (QED) is 0.453. The van der Waals surface area contributed by atoms with Crippen LogP contribution in [-0.4, -0.2) is 0 Å². The van der Waals surface area contributed by atoms with Crippen LogP contribution in [0.3, 0.4) is 0 Å². The van der Waals surface area contributed by atoms with Crippen LogP contribution in [0.25, 0.3) is 0 Å². The molecule has 1 aromatic rings. The average molecular weight is 113 g/mol. The summed E-state index contributed by atoms with van der Waals surface area (Å²) in [6, 6.07) is 4.29. The lowest BCUT2D eigenvalue weighted by Crippen LogP contribution is -1.53. The van der Waals surface area contributed by atoms with Gasteiger partial charge in [-0.15, -0.1) is 0 Å². The molecule has 0 nitrogen and oxygen atoms in total. The van der Waals surface area contributed by atoms with Gasteiger partial charge >= 0.3 is 0 Å². The minimum absolute atomic E-state index is 0.463. The van der Waals surface area contributed by atoms with Crippen molar-refractivity contribution in [2.24, 2.45) is 6.26 Å². The zero-order chi connectivity index (χ0) is 5.28. The molecule has 0 spiro atoms. The van der Waals surface area contributed by atoms with Crippen LogP contribution in [-0.2, 0) is 6.26 Å². The first-order valence-electron chi connectivity index (χ1n) is 2.30. The van der Waals surface area contributed by atoms with Gasteiger partial charge in [0.1, 0.15) is 16.5 Å². The average Bonchev–Trinajstić information content (AvgIpc) is 1.91. The fourth-order valence-electron chi connectivity index (χ4n) is 0.507. The van der Waals surface area contributed by atoms with Crippen LogP contribution >= 0.6 is 10.5 Å². The van der Waals surface area contributed by atoms with Crippen LogP contribution in [0.15, 0.2) is 17.5 Å². The molecule has 0 aliphatic rings. The van der Waals surface area contributed by atoms with Crippen molar-refractivity contribution >= 4 is 10.5 Å². The normalized spacial score (nSPS) is 12.0. The zero-order valence-corrected chi connectivity index (χ0v) is 5.46. The predicted octanol–water partition coefficient (Wildman–Crippen LogP) is 2.28. The molecule has 0 radical (unpaired) electrons. The Hall–Kier alpha value is -0.300. The number of hydrogen-bond donors (Lipinski definition) is 0. The summed E-state index contributed by atoms with van der Waals surface area (Å²) in [7, 11) is 0.463. The van der Waals surface area contributed by atoms with Crippen LogP contribution in [0, 0.1) is 6.92 Å². The van der Waals surface area contributed by atoms with Gasteiger partial charge in [-0.2, -0.15) is 0 Å². The van der Waals surface area contributed by atoms with Crippen molar-refractivity contribution in [3.63, 3.8) is 0 Å². The molecular formula is C6H9S+. The van der Waals surface area contributed by atoms with Crippen molar-refractivity contribution in [3.05, 3.63) is 22.4 Å². The SMILES string of the molecule is Cc1ccc[s+]1C. The second-order valence-corrected chi connectivity index (χ2v) is 3.69. The van der Waals surface area contributed by atoms with Crippen molar-refractivity contribution < 1.29 is 0 Å². The summed E-state index contributed by atoms with van der Waals surface area (Å²) in [6.07, 6.45) is 2.23. The molecule has 1 aromatic heterocycles. The topological polar surface area (TPSA) is 0 Å². The van der Waals surface area contributed by atoms with Crippen molar-refractivity contribution in [2.45, 2.75) is 6.92 Å². The summed E-state index contributed by atoms with van der Waals surface area (Å²) < 4.78 is 0.